The monoisotopic (exact) mass is 395 g/mol. The van der Waals surface area contributed by atoms with Crippen LogP contribution in [0.25, 0.3) is 0 Å². The van der Waals surface area contributed by atoms with Crippen LogP contribution < -0.4 is 5.32 Å². The summed E-state index contributed by atoms with van der Waals surface area (Å²) in [7, 11) is 0. The Morgan fingerprint density at radius 3 is 2.31 bits per heavy atom. The van der Waals surface area contributed by atoms with Gasteiger partial charge in [-0.25, -0.2) is 0 Å². The molecule has 2 aromatic rings. The van der Waals surface area contributed by atoms with Gasteiger partial charge in [-0.3, -0.25) is 14.5 Å². The van der Waals surface area contributed by atoms with Crippen LogP contribution in [0, 0.1) is 0 Å². The predicted molar refractivity (Wildman–Crippen MR) is 114 cm³/mol. The molecule has 29 heavy (non-hydrogen) atoms. The fourth-order valence-corrected chi connectivity index (χ4v) is 3.43. The van der Waals surface area contributed by atoms with Gasteiger partial charge in [0.2, 0.25) is 0 Å². The average Bonchev–Trinajstić information content (AvgIpc) is 2.76. The lowest BCUT2D eigenvalue weighted by Crippen LogP contribution is -2.35. The predicted octanol–water partition coefficient (Wildman–Crippen LogP) is 3.25. The summed E-state index contributed by atoms with van der Waals surface area (Å²) in [4.78, 5) is 29.6. The smallest absolute Gasteiger partial charge is 0.255 e. The van der Waals surface area contributed by atoms with Crippen LogP contribution in [0.3, 0.4) is 0 Å². The molecular weight excluding hydrogens is 366 g/mol. The van der Waals surface area contributed by atoms with Crippen LogP contribution in [0.4, 0.5) is 5.69 Å². The zero-order valence-corrected chi connectivity index (χ0v) is 17.2. The van der Waals surface area contributed by atoms with E-state index in [-0.39, 0.29) is 11.8 Å². The second kappa shape index (κ2) is 10.2. The second-order valence-electron chi connectivity index (χ2n) is 7.06. The van der Waals surface area contributed by atoms with E-state index in [1.54, 1.807) is 17.0 Å². The third kappa shape index (κ3) is 5.43. The van der Waals surface area contributed by atoms with Crippen LogP contribution in [-0.2, 0) is 11.3 Å². The minimum atomic E-state index is -0.220. The molecule has 0 atom stereocenters. The minimum Gasteiger partial charge on any atom is -0.379 e. The highest BCUT2D eigenvalue weighted by Crippen LogP contribution is 2.19. The highest BCUT2D eigenvalue weighted by atomic mass is 16.5. The van der Waals surface area contributed by atoms with Crippen molar-refractivity contribution in [2.75, 3.05) is 44.7 Å². The molecule has 1 saturated heterocycles. The van der Waals surface area contributed by atoms with Gasteiger partial charge in [0.15, 0.2) is 0 Å². The first-order valence-corrected chi connectivity index (χ1v) is 10.2. The molecule has 1 N–H and O–H groups in total. The third-order valence-corrected chi connectivity index (χ3v) is 5.18. The number of ether oxygens (including phenoxy) is 1. The van der Waals surface area contributed by atoms with E-state index in [2.05, 4.69) is 10.2 Å². The van der Waals surface area contributed by atoms with E-state index in [1.807, 2.05) is 50.2 Å². The van der Waals surface area contributed by atoms with Crippen molar-refractivity contribution in [3.63, 3.8) is 0 Å². The fourth-order valence-electron chi connectivity index (χ4n) is 3.43. The van der Waals surface area contributed by atoms with Gasteiger partial charge < -0.3 is 15.0 Å². The first kappa shape index (κ1) is 21.0. The number of benzene rings is 2. The number of anilines is 1. The molecular formula is C23H29N3O3. The van der Waals surface area contributed by atoms with Crippen LogP contribution >= 0.6 is 0 Å². The molecule has 1 aliphatic heterocycles. The number of nitrogens with one attached hydrogen (secondary N) is 1. The van der Waals surface area contributed by atoms with Crippen LogP contribution in [0.5, 0.6) is 0 Å². The standard InChI is InChI=1S/C23H29N3O3/c1-3-26(4-2)23(28)20-7-5-6-8-21(20)24-22(27)19-11-9-18(10-12-19)17-25-13-15-29-16-14-25/h5-12H,3-4,13-17H2,1-2H3,(H,24,27). The Bertz CT molecular complexity index is 826. The van der Waals surface area contributed by atoms with Crippen LogP contribution in [0.15, 0.2) is 48.5 Å². The van der Waals surface area contributed by atoms with Gasteiger partial charge in [0, 0.05) is 38.3 Å². The molecule has 3 rings (SSSR count). The molecule has 0 spiro atoms. The number of carbonyl (C=O) groups excluding carboxylic acids is 2. The number of amides is 2. The summed E-state index contributed by atoms with van der Waals surface area (Å²) in [6, 6.07) is 14.8. The molecule has 0 aromatic heterocycles. The molecule has 1 aliphatic rings. The Morgan fingerprint density at radius 1 is 1.00 bits per heavy atom. The Labute approximate surface area is 172 Å². The van der Waals surface area contributed by atoms with E-state index < -0.39 is 0 Å². The highest BCUT2D eigenvalue weighted by molar-refractivity contribution is 6.09. The summed E-state index contributed by atoms with van der Waals surface area (Å²) in [5.74, 6) is -0.297. The Balaban J connectivity index is 1.68. The summed E-state index contributed by atoms with van der Waals surface area (Å²) in [6.45, 7) is 9.40. The van der Waals surface area contributed by atoms with Crippen molar-refractivity contribution in [1.82, 2.24) is 9.80 Å². The lowest BCUT2D eigenvalue weighted by Gasteiger charge is -2.26. The highest BCUT2D eigenvalue weighted by Gasteiger charge is 2.18. The average molecular weight is 396 g/mol. The van der Waals surface area contributed by atoms with Crippen LogP contribution in [0.1, 0.15) is 40.1 Å². The molecule has 2 amide bonds. The number of carbonyl (C=O) groups is 2. The molecule has 0 unspecified atom stereocenters. The summed E-state index contributed by atoms with van der Waals surface area (Å²) >= 11 is 0. The molecule has 6 nitrogen and oxygen atoms in total. The van der Waals surface area contributed by atoms with Gasteiger partial charge >= 0.3 is 0 Å². The summed E-state index contributed by atoms with van der Waals surface area (Å²) in [5, 5.41) is 2.90. The van der Waals surface area contributed by atoms with Crippen molar-refractivity contribution < 1.29 is 14.3 Å². The summed E-state index contributed by atoms with van der Waals surface area (Å²) < 4.78 is 5.38. The molecule has 0 saturated carbocycles. The van der Waals surface area contributed by atoms with Crippen molar-refractivity contribution in [2.24, 2.45) is 0 Å². The minimum absolute atomic E-state index is 0.0771. The summed E-state index contributed by atoms with van der Waals surface area (Å²) in [5.41, 5.74) is 2.78. The van der Waals surface area contributed by atoms with Gasteiger partial charge in [-0.2, -0.15) is 0 Å². The number of morpholine rings is 1. The number of hydrogen-bond donors (Lipinski definition) is 1. The molecule has 0 radical (unpaired) electrons. The lowest BCUT2D eigenvalue weighted by molar-refractivity contribution is 0.0342. The quantitative estimate of drug-likeness (QED) is 0.782. The number of hydrogen-bond acceptors (Lipinski definition) is 4. The first-order valence-electron chi connectivity index (χ1n) is 10.2. The molecule has 2 aromatic carbocycles. The Morgan fingerprint density at radius 2 is 1.66 bits per heavy atom. The summed E-state index contributed by atoms with van der Waals surface area (Å²) in [6.07, 6.45) is 0. The fraction of sp³-hybridized carbons (Fsp3) is 0.391. The molecule has 0 aliphatic carbocycles. The van der Waals surface area contributed by atoms with E-state index in [9.17, 15) is 9.59 Å². The van der Waals surface area contributed by atoms with E-state index in [0.29, 0.717) is 29.9 Å². The SMILES string of the molecule is CCN(CC)C(=O)c1ccccc1NC(=O)c1ccc(CN2CCOCC2)cc1. The first-order chi connectivity index (χ1) is 14.1. The van der Waals surface area contributed by atoms with E-state index in [4.69, 9.17) is 4.74 Å². The normalized spacial score (nSPS) is 14.4. The lowest BCUT2D eigenvalue weighted by atomic mass is 10.1. The van der Waals surface area contributed by atoms with Gasteiger partial charge in [0.1, 0.15) is 0 Å². The topological polar surface area (TPSA) is 61.9 Å². The maximum Gasteiger partial charge on any atom is 0.255 e. The van der Waals surface area contributed by atoms with Crippen molar-refractivity contribution in [1.29, 1.82) is 0 Å². The van der Waals surface area contributed by atoms with Crippen molar-refractivity contribution in [2.45, 2.75) is 20.4 Å². The van der Waals surface area contributed by atoms with E-state index in [0.717, 1.165) is 32.8 Å². The number of nitrogens with zero attached hydrogens (tertiary/aromatic N) is 2. The zero-order valence-electron chi connectivity index (χ0n) is 17.2. The molecule has 6 heteroatoms. The maximum atomic E-state index is 12.7. The second-order valence-corrected chi connectivity index (χ2v) is 7.06. The Kier molecular flexibility index (Phi) is 7.38. The van der Waals surface area contributed by atoms with E-state index >= 15 is 0 Å². The van der Waals surface area contributed by atoms with Gasteiger partial charge in [-0.1, -0.05) is 24.3 Å². The van der Waals surface area contributed by atoms with Gasteiger partial charge in [-0.15, -0.1) is 0 Å². The third-order valence-electron chi connectivity index (χ3n) is 5.18. The van der Waals surface area contributed by atoms with Gasteiger partial charge in [-0.05, 0) is 43.7 Å². The van der Waals surface area contributed by atoms with Gasteiger partial charge in [0.05, 0.1) is 24.5 Å². The van der Waals surface area contributed by atoms with Crippen molar-refractivity contribution in [3.8, 4) is 0 Å². The number of para-hydroxylation sites is 1. The molecule has 0 bridgehead atoms. The largest absolute Gasteiger partial charge is 0.379 e. The molecule has 1 heterocycles. The zero-order chi connectivity index (χ0) is 20.6. The van der Waals surface area contributed by atoms with Crippen molar-refractivity contribution >= 4 is 17.5 Å². The Hall–Kier alpha value is -2.70. The molecule has 154 valence electrons. The van der Waals surface area contributed by atoms with Gasteiger partial charge in [0.25, 0.3) is 11.8 Å². The maximum absolute atomic E-state index is 12.7. The molecule has 1 fully saturated rings. The van der Waals surface area contributed by atoms with Crippen molar-refractivity contribution in [3.05, 3.63) is 65.2 Å². The van der Waals surface area contributed by atoms with Crippen LogP contribution in [-0.4, -0.2) is 61.0 Å². The number of rotatable bonds is 7. The van der Waals surface area contributed by atoms with Crippen LogP contribution in [0.2, 0.25) is 0 Å². The van der Waals surface area contributed by atoms with E-state index in [1.165, 1.54) is 5.56 Å².